The fourth-order valence-electron chi connectivity index (χ4n) is 4.50. The van der Waals surface area contributed by atoms with Crippen LogP contribution in [0.3, 0.4) is 0 Å². The average molecular weight is 531 g/mol. The number of hydrogen-bond donors (Lipinski definition) is 2. The summed E-state index contributed by atoms with van der Waals surface area (Å²) in [6.45, 7) is 5.30. The molecule has 196 valence electrons. The average Bonchev–Trinajstić information content (AvgIpc) is 3.24. The third-order valence-electron chi connectivity index (χ3n) is 6.55. The van der Waals surface area contributed by atoms with E-state index in [1.807, 2.05) is 50.2 Å². The summed E-state index contributed by atoms with van der Waals surface area (Å²) < 4.78 is 5.53. The number of thioether (sulfide) groups is 1. The number of aldehydes is 1. The predicted molar refractivity (Wildman–Crippen MR) is 147 cm³/mol. The van der Waals surface area contributed by atoms with E-state index in [-0.39, 0.29) is 23.6 Å². The molecule has 8 heteroatoms. The normalized spacial score (nSPS) is 13.7. The minimum Gasteiger partial charge on any atom is -0.449 e. The summed E-state index contributed by atoms with van der Waals surface area (Å²) in [5.41, 5.74) is 4.86. The van der Waals surface area contributed by atoms with Gasteiger partial charge in [-0.2, -0.15) is 0 Å². The van der Waals surface area contributed by atoms with Gasteiger partial charge in [0.05, 0.1) is 0 Å². The molecule has 0 heterocycles. The zero-order valence-corrected chi connectivity index (χ0v) is 22.3. The topological polar surface area (TPSA) is 102 Å². The first-order valence-corrected chi connectivity index (χ1v) is 13.3. The van der Waals surface area contributed by atoms with E-state index in [0.717, 1.165) is 34.0 Å². The zero-order chi connectivity index (χ0) is 27.2. The Morgan fingerprint density at radius 2 is 1.45 bits per heavy atom. The van der Waals surface area contributed by atoms with Gasteiger partial charge in [-0.15, -0.1) is 0 Å². The molecule has 0 unspecified atom stereocenters. The van der Waals surface area contributed by atoms with Gasteiger partial charge in [-0.1, -0.05) is 80.6 Å². The van der Waals surface area contributed by atoms with Crippen LogP contribution in [0, 0.1) is 5.92 Å². The molecule has 2 N–H and O–H groups in total. The quantitative estimate of drug-likeness (QED) is 0.292. The Morgan fingerprint density at radius 3 is 2.05 bits per heavy atom. The van der Waals surface area contributed by atoms with E-state index in [2.05, 4.69) is 22.8 Å². The summed E-state index contributed by atoms with van der Waals surface area (Å²) >= 11 is 0.913. The van der Waals surface area contributed by atoms with E-state index in [0.29, 0.717) is 16.7 Å². The molecule has 7 nitrogen and oxygen atoms in total. The van der Waals surface area contributed by atoms with Gasteiger partial charge in [-0.05, 0) is 52.9 Å². The molecule has 0 spiro atoms. The van der Waals surface area contributed by atoms with E-state index < -0.39 is 24.1 Å². The number of carbonyl (C=O) groups is 4. The number of ether oxygens (including phenoxy) is 1. The van der Waals surface area contributed by atoms with Gasteiger partial charge in [-0.3, -0.25) is 14.4 Å². The van der Waals surface area contributed by atoms with Gasteiger partial charge in [0.25, 0.3) is 0 Å². The number of amides is 2. The van der Waals surface area contributed by atoms with E-state index in [4.69, 9.17) is 4.74 Å². The van der Waals surface area contributed by atoms with Crippen LogP contribution in [-0.4, -0.2) is 42.1 Å². The molecule has 2 amide bonds. The van der Waals surface area contributed by atoms with Crippen molar-refractivity contribution in [3.63, 3.8) is 0 Å². The second kappa shape index (κ2) is 12.1. The monoisotopic (exact) mass is 530 g/mol. The van der Waals surface area contributed by atoms with Crippen molar-refractivity contribution in [2.45, 2.75) is 43.7 Å². The van der Waals surface area contributed by atoms with Gasteiger partial charge < -0.3 is 15.4 Å². The van der Waals surface area contributed by atoms with Crippen LogP contribution in [0.2, 0.25) is 0 Å². The van der Waals surface area contributed by atoms with Crippen molar-refractivity contribution in [2.75, 3.05) is 6.61 Å². The molecule has 2 atom stereocenters. The second-order valence-corrected chi connectivity index (χ2v) is 10.5. The van der Waals surface area contributed by atoms with Crippen molar-refractivity contribution >= 4 is 35.2 Å². The van der Waals surface area contributed by atoms with Crippen LogP contribution < -0.4 is 10.6 Å². The van der Waals surface area contributed by atoms with Gasteiger partial charge in [0.1, 0.15) is 18.7 Å². The molecular weight excluding hydrogens is 500 g/mol. The first-order chi connectivity index (χ1) is 18.3. The van der Waals surface area contributed by atoms with Crippen molar-refractivity contribution < 1.29 is 23.9 Å². The lowest BCUT2D eigenvalue weighted by atomic mass is 9.98. The summed E-state index contributed by atoms with van der Waals surface area (Å²) in [4.78, 5) is 50.2. The molecule has 0 fully saturated rings. The SMILES string of the molecule is CC(C)[C@H](NC(=O)[C@H](C)NC(=O)OCC1c2ccccc2-c2ccccc21)C(=O)Sc1ccccc1C=O. The minimum atomic E-state index is -0.924. The van der Waals surface area contributed by atoms with Crippen LogP contribution >= 0.6 is 11.8 Å². The number of benzene rings is 3. The van der Waals surface area contributed by atoms with Crippen molar-refractivity contribution in [3.8, 4) is 11.1 Å². The van der Waals surface area contributed by atoms with Crippen molar-refractivity contribution in [1.82, 2.24) is 10.6 Å². The number of hydrogen-bond acceptors (Lipinski definition) is 6. The molecule has 0 bridgehead atoms. The number of carbonyl (C=O) groups excluding carboxylic acids is 4. The van der Waals surface area contributed by atoms with Crippen molar-refractivity contribution in [3.05, 3.63) is 89.5 Å². The Kier molecular flexibility index (Phi) is 8.63. The molecule has 0 saturated carbocycles. The molecule has 1 aliphatic carbocycles. The van der Waals surface area contributed by atoms with E-state index in [1.165, 1.54) is 6.92 Å². The molecule has 1 aliphatic rings. The summed E-state index contributed by atoms with van der Waals surface area (Å²) in [5.74, 6) is -0.801. The maximum Gasteiger partial charge on any atom is 0.407 e. The third-order valence-corrected chi connectivity index (χ3v) is 7.59. The fraction of sp³-hybridized carbons (Fsp3) is 0.267. The van der Waals surface area contributed by atoms with Gasteiger partial charge in [-0.25, -0.2) is 4.79 Å². The Morgan fingerprint density at radius 1 is 0.868 bits per heavy atom. The fourth-order valence-corrected chi connectivity index (χ4v) is 5.56. The standard InChI is InChI=1S/C30H30N2O5S/c1-18(2)27(29(35)38-26-15-9-4-10-20(26)16-33)32-28(34)19(3)31-30(36)37-17-25-23-13-7-5-11-21(23)22-12-6-8-14-24(22)25/h4-16,18-19,25,27H,17H2,1-3H3,(H,31,36)(H,32,34)/t19-,27-/m0/s1. The molecule has 0 aliphatic heterocycles. The summed E-state index contributed by atoms with van der Waals surface area (Å²) in [6.07, 6.45) is -0.0184. The van der Waals surface area contributed by atoms with Gasteiger partial charge in [0, 0.05) is 16.4 Å². The molecular formula is C30H30N2O5S. The zero-order valence-electron chi connectivity index (χ0n) is 21.5. The van der Waals surface area contributed by atoms with Crippen molar-refractivity contribution in [1.29, 1.82) is 0 Å². The summed E-state index contributed by atoms with van der Waals surface area (Å²) in [7, 11) is 0. The van der Waals surface area contributed by atoms with Crippen LogP contribution in [0.1, 0.15) is 48.2 Å². The summed E-state index contributed by atoms with van der Waals surface area (Å²) in [6, 6.07) is 21.1. The Labute approximate surface area is 226 Å². The molecule has 4 rings (SSSR count). The number of rotatable bonds is 9. The maximum atomic E-state index is 13.0. The Balaban J connectivity index is 1.34. The van der Waals surface area contributed by atoms with Crippen LogP contribution in [0.15, 0.2) is 77.7 Å². The van der Waals surface area contributed by atoms with Crippen LogP contribution in [0.5, 0.6) is 0 Å². The van der Waals surface area contributed by atoms with Crippen LogP contribution in [0.4, 0.5) is 4.79 Å². The van der Waals surface area contributed by atoms with E-state index in [9.17, 15) is 19.2 Å². The largest absolute Gasteiger partial charge is 0.449 e. The third kappa shape index (κ3) is 5.97. The van der Waals surface area contributed by atoms with Gasteiger partial charge in [0.2, 0.25) is 11.0 Å². The number of fused-ring (bicyclic) bond motifs is 3. The van der Waals surface area contributed by atoms with Gasteiger partial charge in [0.15, 0.2) is 6.29 Å². The van der Waals surface area contributed by atoms with Crippen LogP contribution in [-0.2, 0) is 14.3 Å². The van der Waals surface area contributed by atoms with E-state index >= 15 is 0 Å². The molecule has 3 aromatic carbocycles. The predicted octanol–water partition coefficient (Wildman–Crippen LogP) is 5.19. The molecule has 0 aromatic heterocycles. The Bertz CT molecular complexity index is 1310. The minimum absolute atomic E-state index is 0.0912. The molecule has 0 radical (unpaired) electrons. The van der Waals surface area contributed by atoms with Crippen molar-refractivity contribution in [2.24, 2.45) is 5.92 Å². The first kappa shape index (κ1) is 27.1. The highest BCUT2D eigenvalue weighted by molar-refractivity contribution is 8.13. The lowest BCUT2D eigenvalue weighted by molar-refractivity contribution is -0.126. The lowest BCUT2D eigenvalue weighted by Gasteiger charge is -2.23. The molecule has 3 aromatic rings. The second-order valence-electron chi connectivity index (χ2n) is 9.50. The number of nitrogens with one attached hydrogen (secondary N) is 2. The van der Waals surface area contributed by atoms with E-state index in [1.54, 1.807) is 24.3 Å². The van der Waals surface area contributed by atoms with Crippen LogP contribution in [0.25, 0.3) is 11.1 Å². The first-order valence-electron chi connectivity index (χ1n) is 12.5. The summed E-state index contributed by atoms with van der Waals surface area (Å²) in [5, 5.41) is 5.00. The highest BCUT2D eigenvalue weighted by Gasteiger charge is 2.30. The highest BCUT2D eigenvalue weighted by atomic mass is 32.2. The number of alkyl carbamates (subject to hydrolysis) is 1. The highest BCUT2D eigenvalue weighted by Crippen LogP contribution is 2.44. The molecule has 38 heavy (non-hydrogen) atoms. The Hall–Kier alpha value is -3.91. The lowest BCUT2D eigenvalue weighted by Crippen LogP contribution is -2.51. The maximum absolute atomic E-state index is 13.0. The van der Waals surface area contributed by atoms with Gasteiger partial charge >= 0.3 is 6.09 Å². The molecule has 0 saturated heterocycles. The smallest absolute Gasteiger partial charge is 0.407 e.